The molecule has 0 radical (unpaired) electrons. The van der Waals surface area contributed by atoms with Crippen molar-refractivity contribution in [2.45, 2.75) is 27.2 Å². The first-order valence-electron chi connectivity index (χ1n) is 9.95. The van der Waals surface area contributed by atoms with E-state index >= 15 is 0 Å². The first-order valence-corrected chi connectivity index (χ1v) is 9.95. The van der Waals surface area contributed by atoms with Gasteiger partial charge in [-0.05, 0) is 38.2 Å². The van der Waals surface area contributed by atoms with Gasteiger partial charge in [-0.3, -0.25) is 14.4 Å². The largest absolute Gasteiger partial charge is 0.336 e. The third-order valence-corrected chi connectivity index (χ3v) is 5.96. The summed E-state index contributed by atoms with van der Waals surface area (Å²) in [6.07, 6.45) is 0.454. The number of piperazine rings is 1. The van der Waals surface area contributed by atoms with Crippen LogP contribution < -0.4 is 0 Å². The molecule has 1 amide bonds. The fourth-order valence-electron chi connectivity index (χ4n) is 4.10. The lowest BCUT2D eigenvalue weighted by Gasteiger charge is -2.32. The van der Waals surface area contributed by atoms with Crippen LogP contribution in [0.1, 0.15) is 46.0 Å². The van der Waals surface area contributed by atoms with Gasteiger partial charge in [0.25, 0.3) is 5.91 Å². The average Bonchev–Trinajstić information content (AvgIpc) is 3.02. The summed E-state index contributed by atoms with van der Waals surface area (Å²) in [5, 5.41) is 4.53. The molecule has 1 fully saturated rings. The molecule has 1 saturated heterocycles. The number of ketones is 2. The topological polar surface area (TPSA) is 75.5 Å². The molecule has 0 bridgehead atoms. The number of aryl methyl sites for hydroxylation is 1. The standard InChI is InChI=1S/C22H26N4O3/c1-14-18-17(13-22(2,3)20(28)19(18)27)26(23-14)16-7-5-15(6-8-16)21(29)25-11-9-24(4)10-12-25/h5-8H,9-13H2,1-4H3. The predicted molar refractivity (Wildman–Crippen MR) is 109 cm³/mol. The van der Waals surface area contributed by atoms with Crippen molar-refractivity contribution in [3.05, 3.63) is 46.8 Å². The lowest BCUT2D eigenvalue weighted by Crippen LogP contribution is -2.47. The molecule has 1 aromatic heterocycles. The monoisotopic (exact) mass is 394 g/mol. The van der Waals surface area contributed by atoms with Crippen LogP contribution in [0.15, 0.2) is 24.3 Å². The Labute approximate surface area is 170 Å². The van der Waals surface area contributed by atoms with Gasteiger partial charge in [0.05, 0.1) is 22.6 Å². The summed E-state index contributed by atoms with van der Waals surface area (Å²) < 4.78 is 1.74. The Morgan fingerprint density at radius 1 is 1.03 bits per heavy atom. The van der Waals surface area contributed by atoms with Crippen molar-refractivity contribution >= 4 is 17.5 Å². The normalized spacial score (nSPS) is 19.4. The first-order chi connectivity index (χ1) is 13.7. The van der Waals surface area contributed by atoms with Gasteiger partial charge in [0.15, 0.2) is 0 Å². The summed E-state index contributed by atoms with van der Waals surface area (Å²) >= 11 is 0. The van der Waals surface area contributed by atoms with E-state index in [1.54, 1.807) is 37.6 Å². The lowest BCUT2D eigenvalue weighted by molar-refractivity contribution is -0.123. The Morgan fingerprint density at radius 2 is 1.66 bits per heavy atom. The molecule has 1 aliphatic carbocycles. The fourth-order valence-corrected chi connectivity index (χ4v) is 4.10. The van der Waals surface area contributed by atoms with Crippen molar-refractivity contribution in [3.8, 4) is 5.69 Å². The van der Waals surface area contributed by atoms with Gasteiger partial charge in [-0.2, -0.15) is 5.10 Å². The summed E-state index contributed by atoms with van der Waals surface area (Å²) in [6, 6.07) is 7.31. The molecule has 0 spiro atoms. The predicted octanol–water partition coefficient (Wildman–Crippen LogP) is 1.90. The van der Waals surface area contributed by atoms with Crippen molar-refractivity contribution in [1.82, 2.24) is 19.6 Å². The molecule has 2 aromatic rings. The molecule has 4 rings (SSSR count). The summed E-state index contributed by atoms with van der Waals surface area (Å²) in [7, 11) is 2.06. The van der Waals surface area contributed by atoms with Crippen LogP contribution in [-0.2, 0) is 11.2 Å². The summed E-state index contributed by atoms with van der Waals surface area (Å²) in [4.78, 5) is 41.8. The number of likely N-dealkylation sites (N-methyl/N-ethyl adjacent to an activating group) is 1. The van der Waals surface area contributed by atoms with Crippen molar-refractivity contribution in [1.29, 1.82) is 0 Å². The maximum absolute atomic E-state index is 12.8. The minimum Gasteiger partial charge on any atom is -0.336 e. The molecule has 0 N–H and O–H groups in total. The highest BCUT2D eigenvalue weighted by Gasteiger charge is 2.43. The lowest BCUT2D eigenvalue weighted by atomic mass is 9.74. The molecule has 0 atom stereocenters. The van der Waals surface area contributed by atoms with Gasteiger partial charge >= 0.3 is 0 Å². The first kappa shape index (κ1) is 19.5. The molecule has 7 nitrogen and oxygen atoms in total. The number of Topliss-reactive ketones (excluding diaryl/α,β-unsaturated/α-hetero) is 2. The van der Waals surface area contributed by atoms with E-state index in [0.29, 0.717) is 23.2 Å². The number of aromatic nitrogens is 2. The zero-order valence-corrected chi connectivity index (χ0v) is 17.4. The molecular formula is C22H26N4O3. The summed E-state index contributed by atoms with van der Waals surface area (Å²) in [6.45, 7) is 8.56. The number of carbonyl (C=O) groups is 3. The van der Waals surface area contributed by atoms with Gasteiger partial charge in [0.2, 0.25) is 11.6 Å². The van der Waals surface area contributed by atoms with Crippen molar-refractivity contribution in [3.63, 3.8) is 0 Å². The highest BCUT2D eigenvalue weighted by molar-refractivity contribution is 6.46. The zero-order chi connectivity index (χ0) is 20.9. The fraction of sp³-hybridized carbons (Fsp3) is 0.455. The number of hydrogen-bond acceptors (Lipinski definition) is 5. The molecule has 1 aliphatic heterocycles. The number of nitrogens with zero attached hydrogens (tertiary/aromatic N) is 4. The minimum atomic E-state index is -0.744. The number of benzene rings is 1. The van der Waals surface area contributed by atoms with E-state index in [9.17, 15) is 14.4 Å². The van der Waals surface area contributed by atoms with E-state index in [1.165, 1.54) is 0 Å². The van der Waals surface area contributed by atoms with Crippen LogP contribution in [0.25, 0.3) is 5.69 Å². The second kappa shape index (κ2) is 6.91. The van der Waals surface area contributed by atoms with Crippen molar-refractivity contribution in [2.75, 3.05) is 33.2 Å². The average molecular weight is 394 g/mol. The van der Waals surface area contributed by atoms with Gasteiger partial charge in [-0.15, -0.1) is 0 Å². The molecule has 1 aromatic carbocycles. The quantitative estimate of drug-likeness (QED) is 0.728. The van der Waals surface area contributed by atoms with E-state index in [1.807, 2.05) is 17.0 Å². The van der Waals surface area contributed by atoms with Crippen LogP contribution in [0.4, 0.5) is 0 Å². The highest BCUT2D eigenvalue weighted by Crippen LogP contribution is 2.34. The molecule has 0 unspecified atom stereocenters. The minimum absolute atomic E-state index is 0.0326. The number of fused-ring (bicyclic) bond motifs is 1. The van der Waals surface area contributed by atoms with Gasteiger partial charge in [-0.25, -0.2) is 4.68 Å². The van der Waals surface area contributed by atoms with Gasteiger partial charge in [0.1, 0.15) is 0 Å². The van der Waals surface area contributed by atoms with Crippen LogP contribution in [-0.4, -0.2) is 70.3 Å². The van der Waals surface area contributed by atoms with Crippen LogP contribution in [0, 0.1) is 12.3 Å². The number of carbonyl (C=O) groups excluding carboxylic acids is 3. The Hall–Kier alpha value is -2.80. The SMILES string of the molecule is Cc1nn(-c2ccc(C(=O)N3CCN(C)CC3)cc2)c2c1C(=O)C(=O)C(C)(C)C2. The third-order valence-electron chi connectivity index (χ3n) is 5.96. The number of hydrogen-bond donors (Lipinski definition) is 0. The van der Waals surface area contributed by atoms with Gasteiger partial charge < -0.3 is 9.80 Å². The van der Waals surface area contributed by atoms with Crippen molar-refractivity contribution < 1.29 is 14.4 Å². The Balaban J connectivity index is 1.63. The molecule has 7 heteroatoms. The molecule has 0 saturated carbocycles. The van der Waals surface area contributed by atoms with Crippen LogP contribution in [0.3, 0.4) is 0 Å². The highest BCUT2D eigenvalue weighted by atomic mass is 16.2. The maximum Gasteiger partial charge on any atom is 0.253 e. The Morgan fingerprint density at radius 3 is 2.28 bits per heavy atom. The third kappa shape index (κ3) is 3.29. The Kier molecular flexibility index (Phi) is 4.65. The van der Waals surface area contributed by atoms with Crippen LogP contribution >= 0.6 is 0 Å². The molecular weight excluding hydrogens is 368 g/mol. The zero-order valence-electron chi connectivity index (χ0n) is 17.4. The Bertz CT molecular complexity index is 996. The van der Waals surface area contributed by atoms with E-state index in [4.69, 9.17) is 0 Å². The second-order valence-electron chi connectivity index (χ2n) is 8.68. The van der Waals surface area contributed by atoms with E-state index in [2.05, 4.69) is 17.0 Å². The molecule has 152 valence electrons. The number of amides is 1. The van der Waals surface area contributed by atoms with Crippen molar-refractivity contribution in [2.24, 2.45) is 5.41 Å². The van der Waals surface area contributed by atoms with Gasteiger partial charge in [-0.1, -0.05) is 13.8 Å². The smallest absolute Gasteiger partial charge is 0.253 e. The molecule has 2 heterocycles. The van der Waals surface area contributed by atoms with Crippen LogP contribution in [0.5, 0.6) is 0 Å². The van der Waals surface area contributed by atoms with Gasteiger partial charge in [0, 0.05) is 43.6 Å². The van der Waals surface area contributed by atoms with E-state index < -0.39 is 11.2 Å². The maximum atomic E-state index is 12.8. The van der Waals surface area contributed by atoms with E-state index in [-0.39, 0.29) is 11.7 Å². The summed E-state index contributed by atoms with van der Waals surface area (Å²) in [5.74, 6) is -0.784. The molecule has 29 heavy (non-hydrogen) atoms. The second-order valence-corrected chi connectivity index (χ2v) is 8.68. The molecule has 2 aliphatic rings. The number of rotatable bonds is 2. The van der Waals surface area contributed by atoms with Crippen LogP contribution in [0.2, 0.25) is 0 Å². The van der Waals surface area contributed by atoms with E-state index in [0.717, 1.165) is 37.6 Å². The summed E-state index contributed by atoms with van der Waals surface area (Å²) in [5.41, 5.74) is 2.42.